The first-order chi connectivity index (χ1) is 18.9. The average Bonchev–Trinajstić information content (AvgIpc) is 2.93. The number of hydrogen-bond donors (Lipinski definition) is 2. The first-order valence-electron chi connectivity index (χ1n) is 13.6. The molecule has 2 N–H and O–H groups in total. The Morgan fingerprint density at radius 2 is 1.54 bits per heavy atom. The van der Waals surface area contributed by atoms with Gasteiger partial charge in [0, 0.05) is 6.42 Å². The Labute approximate surface area is 235 Å². The van der Waals surface area contributed by atoms with Gasteiger partial charge in [0.2, 0.25) is 0 Å². The molecule has 0 heterocycles. The molecule has 0 saturated carbocycles. The molecule has 0 amide bonds. The molecule has 1 unspecified atom stereocenters. The minimum absolute atomic E-state index is 0.0940. The summed E-state index contributed by atoms with van der Waals surface area (Å²) in [5.41, 5.74) is 2.55. The van der Waals surface area contributed by atoms with Crippen LogP contribution in [0, 0.1) is 0 Å². The molecule has 0 aliphatic heterocycles. The van der Waals surface area contributed by atoms with E-state index in [0.717, 1.165) is 43.4 Å². The topological polar surface area (TPSA) is 93.1 Å². The summed E-state index contributed by atoms with van der Waals surface area (Å²) in [5.74, 6) is -0.577. The lowest BCUT2D eigenvalue weighted by molar-refractivity contribution is -0.137. The predicted molar refractivity (Wildman–Crippen MR) is 153 cm³/mol. The fourth-order valence-electron chi connectivity index (χ4n) is 4.42. The van der Waals surface area contributed by atoms with Gasteiger partial charge < -0.3 is 19.7 Å². The highest BCUT2D eigenvalue weighted by atomic mass is 35.5. The Bertz CT molecular complexity index is 1180. The number of halogens is 1. The largest absolute Gasteiger partial charge is 0.493 e. The molecule has 0 aromatic heterocycles. The van der Waals surface area contributed by atoms with Crippen molar-refractivity contribution in [1.82, 2.24) is 0 Å². The molecule has 7 heteroatoms. The van der Waals surface area contributed by atoms with Gasteiger partial charge >= 0.3 is 11.9 Å². The van der Waals surface area contributed by atoms with Crippen LogP contribution in [0.25, 0.3) is 0 Å². The van der Waals surface area contributed by atoms with Crippen molar-refractivity contribution in [3.63, 3.8) is 0 Å². The molecular formula is C32H37ClO6. The minimum Gasteiger partial charge on any atom is -0.493 e. The first-order valence-corrected chi connectivity index (χ1v) is 14.0. The Balaban J connectivity index is 1.53. The number of rotatable bonds is 18. The fourth-order valence-corrected chi connectivity index (χ4v) is 4.65. The number of para-hydroxylation sites is 1. The molecule has 0 bridgehead atoms. The number of carbonyl (C=O) groups is 2. The van der Waals surface area contributed by atoms with Gasteiger partial charge in [-0.15, -0.1) is 0 Å². The zero-order valence-electron chi connectivity index (χ0n) is 22.2. The van der Waals surface area contributed by atoms with Crippen LogP contribution in [0.5, 0.6) is 11.5 Å². The van der Waals surface area contributed by atoms with Gasteiger partial charge in [-0.2, -0.15) is 0 Å². The molecule has 6 nitrogen and oxygen atoms in total. The van der Waals surface area contributed by atoms with E-state index in [1.807, 2.05) is 24.3 Å². The maximum Gasteiger partial charge on any atom is 0.335 e. The van der Waals surface area contributed by atoms with Crippen molar-refractivity contribution in [3.8, 4) is 11.5 Å². The minimum atomic E-state index is -1.05. The number of unbranched alkanes of at least 4 members (excludes halogenated alkanes) is 3. The molecule has 0 spiro atoms. The summed E-state index contributed by atoms with van der Waals surface area (Å²) < 4.78 is 12.3. The zero-order chi connectivity index (χ0) is 27.9. The Morgan fingerprint density at radius 3 is 2.28 bits per heavy atom. The van der Waals surface area contributed by atoms with E-state index in [1.54, 1.807) is 6.07 Å². The summed E-state index contributed by atoms with van der Waals surface area (Å²) in [7, 11) is 0. The summed E-state index contributed by atoms with van der Waals surface area (Å²) in [6.45, 7) is 0.659. The lowest BCUT2D eigenvalue weighted by atomic mass is 10.0. The second-order valence-corrected chi connectivity index (χ2v) is 10.0. The quantitative estimate of drug-likeness (QED) is 0.156. The number of aryl methyl sites for hydroxylation is 2. The standard InChI is InChI=1S/C32H37ClO6/c33-28-23-26(32(36)37)19-21-30(28)39-27(15-7-9-17-31(34)35)20-18-25-14-6-8-16-29(25)38-22-10-2-5-13-24-11-3-1-4-12-24/h1,3-4,6,8,11-12,14,16,19,21,23,27H,2,5,7,9-10,13,15,17-18,20,22H2,(H,34,35)(H,36,37). The Morgan fingerprint density at radius 1 is 0.769 bits per heavy atom. The van der Waals surface area contributed by atoms with Crippen LogP contribution < -0.4 is 9.47 Å². The number of benzene rings is 3. The normalized spacial score (nSPS) is 11.6. The molecular weight excluding hydrogens is 516 g/mol. The van der Waals surface area contributed by atoms with Crippen LogP contribution in [0.2, 0.25) is 5.02 Å². The maximum atomic E-state index is 11.2. The molecule has 3 aromatic carbocycles. The van der Waals surface area contributed by atoms with Gasteiger partial charge in [-0.1, -0.05) is 60.1 Å². The van der Waals surface area contributed by atoms with Gasteiger partial charge in [0.05, 0.1) is 23.3 Å². The summed E-state index contributed by atoms with van der Waals surface area (Å²) in [4.78, 5) is 22.1. The second kappa shape index (κ2) is 16.5. The van der Waals surface area contributed by atoms with Gasteiger partial charge in [0.1, 0.15) is 11.5 Å². The van der Waals surface area contributed by atoms with Crippen molar-refractivity contribution in [2.24, 2.45) is 0 Å². The van der Waals surface area contributed by atoms with Crippen molar-refractivity contribution < 1.29 is 29.3 Å². The van der Waals surface area contributed by atoms with Gasteiger partial charge in [0.15, 0.2) is 0 Å². The van der Waals surface area contributed by atoms with Crippen molar-refractivity contribution >= 4 is 23.5 Å². The number of carboxylic acid groups (broad SMARTS) is 2. The summed E-state index contributed by atoms with van der Waals surface area (Å²) in [6.07, 6.45) is 7.52. The van der Waals surface area contributed by atoms with Crippen LogP contribution in [0.4, 0.5) is 0 Å². The van der Waals surface area contributed by atoms with Crippen LogP contribution in [0.3, 0.4) is 0 Å². The van der Waals surface area contributed by atoms with E-state index >= 15 is 0 Å². The first kappa shape index (κ1) is 30.0. The van der Waals surface area contributed by atoms with Crippen LogP contribution in [0.15, 0.2) is 72.8 Å². The maximum absolute atomic E-state index is 11.2. The van der Waals surface area contributed by atoms with E-state index in [2.05, 4.69) is 30.3 Å². The number of carboxylic acids is 2. The van der Waals surface area contributed by atoms with E-state index in [1.165, 1.54) is 17.7 Å². The molecule has 3 rings (SSSR count). The summed E-state index contributed by atoms with van der Waals surface area (Å²) >= 11 is 6.30. The molecule has 208 valence electrons. The van der Waals surface area contributed by atoms with Crippen LogP contribution >= 0.6 is 11.6 Å². The van der Waals surface area contributed by atoms with E-state index in [4.69, 9.17) is 26.2 Å². The van der Waals surface area contributed by atoms with Crippen molar-refractivity contribution in [2.45, 2.75) is 70.3 Å². The predicted octanol–water partition coefficient (Wildman–Crippen LogP) is 7.86. The average molecular weight is 553 g/mol. The number of aromatic carboxylic acids is 1. The van der Waals surface area contributed by atoms with Crippen LogP contribution in [-0.2, 0) is 17.6 Å². The molecule has 0 aliphatic rings. The number of hydrogen-bond acceptors (Lipinski definition) is 4. The highest BCUT2D eigenvalue weighted by Gasteiger charge is 2.16. The lowest BCUT2D eigenvalue weighted by Gasteiger charge is -2.21. The molecule has 0 fully saturated rings. The zero-order valence-corrected chi connectivity index (χ0v) is 22.9. The van der Waals surface area contributed by atoms with E-state index in [0.29, 0.717) is 38.0 Å². The third-order valence-electron chi connectivity index (χ3n) is 6.56. The van der Waals surface area contributed by atoms with Crippen molar-refractivity contribution in [1.29, 1.82) is 0 Å². The highest BCUT2D eigenvalue weighted by Crippen LogP contribution is 2.29. The van der Waals surface area contributed by atoms with Gasteiger partial charge in [-0.3, -0.25) is 4.79 Å². The third-order valence-corrected chi connectivity index (χ3v) is 6.85. The Hall–Kier alpha value is -3.51. The summed E-state index contributed by atoms with van der Waals surface area (Å²) in [6, 6.07) is 22.9. The number of ether oxygens (including phenoxy) is 2. The van der Waals surface area contributed by atoms with Crippen LogP contribution in [0.1, 0.15) is 72.9 Å². The summed E-state index contributed by atoms with van der Waals surface area (Å²) in [5, 5.41) is 18.4. The molecule has 0 aliphatic carbocycles. The van der Waals surface area contributed by atoms with E-state index in [-0.39, 0.29) is 23.1 Å². The van der Waals surface area contributed by atoms with E-state index < -0.39 is 11.9 Å². The molecule has 39 heavy (non-hydrogen) atoms. The third kappa shape index (κ3) is 11.0. The number of aliphatic carboxylic acids is 1. The molecule has 3 aromatic rings. The molecule has 0 saturated heterocycles. The van der Waals surface area contributed by atoms with Crippen molar-refractivity contribution in [3.05, 3.63) is 94.5 Å². The fraction of sp³-hybridized carbons (Fsp3) is 0.375. The van der Waals surface area contributed by atoms with Crippen LogP contribution in [-0.4, -0.2) is 34.9 Å². The SMILES string of the molecule is O=C(O)CCCCC(CCc1ccccc1OCCCCCc1ccccc1)Oc1ccc(C(=O)O)cc1Cl. The van der Waals surface area contributed by atoms with Gasteiger partial charge in [-0.05, 0) is 93.2 Å². The second-order valence-electron chi connectivity index (χ2n) is 9.62. The lowest BCUT2D eigenvalue weighted by Crippen LogP contribution is -2.18. The highest BCUT2D eigenvalue weighted by molar-refractivity contribution is 6.32. The van der Waals surface area contributed by atoms with Gasteiger partial charge in [-0.25, -0.2) is 4.79 Å². The molecule has 1 atom stereocenters. The molecule has 0 radical (unpaired) electrons. The Kier molecular flexibility index (Phi) is 12.7. The van der Waals surface area contributed by atoms with Gasteiger partial charge in [0.25, 0.3) is 0 Å². The van der Waals surface area contributed by atoms with E-state index in [9.17, 15) is 14.7 Å². The van der Waals surface area contributed by atoms with Crippen molar-refractivity contribution in [2.75, 3.05) is 6.61 Å². The monoisotopic (exact) mass is 552 g/mol. The smallest absolute Gasteiger partial charge is 0.335 e.